The van der Waals surface area contributed by atoms with Gasteiger partial charge in [0.2, 0.25) is 5.91 Å². The number of aromatic nitrogens is 1. The number of nitrogens with zero attached hydrogens (tertiary/aromatic N) is 1. The highest BCUT2D eigenvalue weighted by molar-refractivity contribution is 6.02. The lowest BCUT2D eigenvalue weighted by Gasteiger charge is -2.08. The van der Waals surface area contributed by atoms with E-state index in [1.807, 2.05) is 18.2 Å². The van der Waals surface area contributed by atoms with E-state index in [-0.39, 0.29) is 5.91 Å². The lowest BCUT2D eigenvalue weighted by Crippen LogP contribution is -2.07. The summed E-state index contributed by atoms with van der Waals surface area (Å²) in [5, 5.41) is 10.4. The second kappa shape index (κ2) is 6.00. The fourth-order valence-electron chi connectivity index (χ4n) is 1.90. The fourth-order valence-corrected chi connectivity index (χ4v) is 1.90. The summed E-state index contributed by atoms with van der Waals surface area (Å²) in [6.45, 7) is 5.09. The van der Waals surface area contributed by atoms with Crippen LogP contribution in [0.25, 0.3) is 11.3 Å². The Morgan fingerprint density at radius 3 is 2.86 bits per heavy atom. The van der Waals surface area contributed by atoms with Gasteiger partial charge in [0.1, 0.15) is 0 Å². The molecule has 0 bridgehead atoms. The molecule has 1 heterocycles. The van der Waals surface area contributed by atoms with Crippen LogP contribution < -0.4 is 11.1 Å². The lowest BCUT2D eigenvalue weighted by molar-refractivity contribution is -0.111. The summed E-state index contributed by atoms with van der Waals surface area (Å²) in [6, 6.07) is 9.06. The van der Waals surface area contributed by atoms with Gasteiger partial charge in [-0.25, -0.2) is 0 Å². The Kier molecular flexibility index (Phi) is 4.13. The number of carbonyl (C=O) groups is 1. The smallest absolute Gasteiger partial charge is 0.247 e. The molecule has 5 heteroatoms. The van der Waals surface area contributed by atoms with Crippen molar-refractivity contribution in [2.75, 3.05) is 11.1 Å². The molecule has 0 spiro atoms. The van der Waals surface area contributed by atoms with E-state index in [1.165, 1.54) is 12.3 Å². The Labute approximate surface area is 123 Å². The Hall–Kier alpha value is -2.95. The van der Waals surface area contributed by atoms with Gasteiger partial charge in [0.15, 0.2) is 0 Å². The zero-order valence-corrected chi connectivity index (χ0v) is 11.7. The van der Waals surface area contributed by atoms with Gasteiger partial charge in [0.05, 0.1) is 17.6 Å². The maximum atomic E-state index is 11.3. The molecule has 0 saturated carbocycles. The number of hydrogen-bond donors (Lipinski definition) is 3. The molecule has 0 fully saturated rings. The number of benzene rings is 1. The van der Waals surface area contributed by atoms with Crippen molar-refractivity contribution < 1.29 is 4.79 Å². The number of rotatable bonds is 4. The number of nitrogen functional groups attached to an aromatic ring is 1. The van der Waals surface area contributed by atoms with Crippen molar-refractivity contribution in [1.29, 1.82) is 5.41 Å². The second-order valence-electron chi connectivity index (χ2n) is 4.56. The monoisotopic (exact) mass is 280 g/mol. The second-order valence-corrected chi connectivity index (χ2v) is 4.56. The first-order valence-electron chi connectivity index (χ1n) is 6.36. The zero-order chi connectivity index (χ0) is 15.4. The molecule has 21 heavy (non-hydrogen) atoms. The van der Waals surface area contributed by atoms with Gasteiger partial charge in [0.25, 0.3) is 0 Å². The molecule has 2 rings (SSSR count). The summed E-state index contributed by atoms with van der Waals surface area (Å²) in [5.74, 6) is -0.270. The first kappa shape index (κ1) is 14.5. The van der Waals surface area contributed by atoms with Crippen LogP contribution in [0.3, 0.4) is 0 Å². The number of anilines is 2. The van der Waals surface area contributed by atoms with Gasteiger partial charge in [-0.15, -0.1) is 0 Å². The molecule has 0 aliphatic rings. The van der Waals surface area contributed by atoms with E-state index < -0.39 is 0 Å². The van der Waals surface area contributed by atoms with E-state index in [0.717, 1.165) is 5.56 Å². The van der Waals surface area contributed by atoms with Gasteiger partial charge in [-0.05, 0) is 31.2 Å². The van der Waals surface area contributed by atoms with Gasteiger partial charge in [-0.2, -0.15) is 0 Å². The van der Waals surface area contributed by atoms with Gasteiger partial charge in [-0.1, -0.05) is 18.7 Å². The molecule has 0 unspecified atom stereocenters. The summed E-state index contributed by atoms with van der Waals surface area (Å²) in [6.07, 6.45) is 2.75. The van der Waals surface area contributed by atoms with Crippen molar-refractivity contribution in [2.45, 2.75) is 6.92 Å². The van der Waals surface area contributed by atoms with E-state index >= 15 is 0 Å². The van der Waals surface area contributed by atoms with Crippen molar-refractivity contribution in [3.8, 4) is 11.3 Å². The quantitative estimate of drug-likeness (QED) is 0.594. The number of pyridine rings is 1. The van der Waals surface area contributed by atoms with Crippen LogP contribution in [0.15, 0.2) is 49.2 Å². The average Bonchev–Trinajstić information content (AvgIpc) is 2.47. The molecule has 2 aromatic rings. The molecule has 0 aliphatic heterocycles. The molecule has 106 valence electrons. The number of amides is 1. The number of nitrogens with one attached hydrogen (secondary N) is 2. The van der Waals surface area contributed by atoms with E-state index in [2.05, 4.69) is 16.9 Å². The van der Waals surface area contributed by atoms with Crippen LogP contribution in [-0.4, -0.2) is 16.6 Å². The van der Waals surface area contributed by atoms with E-state index in [4.69, 9.17) is 11.1 Å². The third-order valence-corrected chi connectivity index (χ3v) is 2.95. The third kappa shape index (κ3) is 3.33. The van der Waals surface area contributed by atoms with Gasteiger partial charge in [0, 0.05) is 22.5 Å². The molecular weight excluding hydrogens is 264 g/mol. The minimum atomic E-state index is -0.270. The molecule has 0 radical (unpaired) electrons. The highest BCUT2D eigenvalue weighted by Crippen LogP contribution is 2.24. The molecule has 4 N–H and O–H groups in total. The van der Waals surface area contributed by atoms with E-state index in [9.17, 15) is 4.79 Å². The van der Waals surface area contributed by atoms with Crippen molar-refractivity contribution >= 4 is 23.0 Å². The first-order chi connectivity index (χ1) is 10.0. The number of hydrogen-bond acceptors (Lipinski definition) is 4. The average molecular weight is 280 g/mol. The largest absolute Gasteiger partial charge is 0.397 e. The number of carbonyl (C=O) groups excluding carboxylic acids is 1. The first-order valence-corrected chi connectivity index (χ1v) is 6.36. The summed E-state index contributed by atoms with van der Waals surface area (Å²) in [4.78, 5) is 15.6. The highest BCUT2D eigenvalue weighted by atomic mass is 16.1. The predicted octanol–water partition coefficient (Wildman–Crippen LogP) is 2.84. The molecule has 0 saturated heterocycles. The van der Waals surface area contributed by atoms with Crippen LogP contribution in [0.1, 0.15) is 12.5 Å². The molecule has 1 amide bonds. The maximum absolute atomic E-state index is 11.3. The molecule has 1 aromatic carbocycles. The molecule has 5 nitrogen and oxygen atoms in total. The summed E-state index contributed by atoms with van der Waals surface area (Å²) in [5.41, 5.74) is 9.50. The topological polar surface area (TPSA) is 91.9 Å². The van der Waals surface area contributed by atoms with Crippen LogP contribution >= 0.6 is 0 Å². The Morgan fingerprint density at radius 2 is 2.19 bits per heavy atom. The van der Waals surface area contributed by atoms with Crippen LogP contribution in [0, 0.1) is 5.41 Å². The SMILES string of the molecule is C=CC(=O)Nc1cccc(-c2cc(C(C)=N)c(N)cn2)c1. The van der Waals surface area contributed by atoms with Crippen LogP contribution in [0.4, 0.5) is 11.4 Å². The molecular formula is C16H16N4O. The van der Waals surface area contributed by atoms with Gasteiger partial charge in [-0.3, -0.25) is 9.78 Å². The molecule has 0 aliphatic carbocycles. The van der Waals surface area contributed by atoms with Crippen molar-refractivity contribution in [3.63, 3.8) is 0 Å². The van der Waals surface area contributed by atoms with Crippen LogP contribution in [-0.2, 0) is 4.79 Å². The Bertz CT molecular complexity index is 722. The van der Waals surface area contributed by atoms with Crippen LogP contribution in [0.5, 0.6) is 0 Å². The zero-order valence-electron chi connectivity index (χ0n) is 11.7. The highest BCUT2D eigenvalue weighted by Gasteiger charge is 2.07. The van der Waals surface area contributed by atoms with Crippen molar-refractivity contribution in [2.24, 2.45) is 0 Å². The minimum Gasteiger partial charge on any atom is -0.397 e. The van der Waals surface area contributed by atoms with E-state index in [0.29, 0.717) is 28.3 Å². The van der Waals surface area contributed by atoms with Gasteiger partial charge >= 0.3 is 0 Å². The Balaban J connectivity index is 2.40. The summed E-state index contributed by atoms with van der Waals surface area (Å²) < 4.78 is 0. The Morgan fingerprint density at radius 1 is 1.43 bits per heavy atom. The minimum absolute atomic E-state index is 0.270. The maximum Gasteiger partial charge on any atom is 0.247 e. The standard InChI is InChI=1S/C16H16N4O/c1-3-16(21)20-12-6-4-5-11(7-12)15-8-13(10(2)17)14(18)9-19-15/h3-9,17H,1,18H2,2H3,(H,20,21). The van der Waals surface area contributed by atoms with Crippen molar-refractivity contribution in [3.05, 3.63) is 54.7 Å². The summed E-state index contributed by atoms with van der Waals surface area (Å²) in [7, 11) is 0. The third-order valence-electron chi connectivity index (χ3n) is 2.95. The lowest BCUT2D eigenvalue weighted by atomic mass is 10.1. The normalized spacial score (nSPS) is 9.95. The molecule has 0 atom stereocenters. The van der Waals surface area contributed by atoms with Crippen LogP contribution in [0.2, 0.25) is 0 Å². The fraction of sp³-hybridized carbons (Fsp3) is 0.0625. The molecule has 1 aromatic heterocycles. The van der Waals surface area contributed by atoms with E-state index in [1.54, 1.807) is 19.1 Å². The number of nitrogens with two attached hydrogens (primary N) is 1. The summed E-state index contributed by atoms with van der Waals surface area (Å²) >= 11 is 0. The van der Waals surface area contributed by atoms with Crippen molar-refractivity contribution in [1.82, 2.24) is 4.98 Å². The predicted molar refractivity (Wildman–Crippen MR) is 85.4 cm³/mol. The van der Waals surface area contributed by atoms with Gasteiger partial charge < -0.3 is 16.5 Å².